The highest BCUT2D eigenvalue weighted by Crippen LogP contribution is 2.27. The zero-order chi connectivity index (χ0) is 24.3. The van der Waals surface area contributed by atoms with E-state index in [9.17, 15) is 9.59 Å². The van der Waals surface area contributed by atoms with Gasteiger partial charge in [-0.2, -0.15) is 0 Å². The number of nitrogens with one attached hydrogen (secondary N) is 2. The van der Waals surface area contributed by atoms with Crippen LogP contribution in [0.5, 0.6) is 5.75 Å². The van der Waals surface area contributed by atoms with Gasteiger partial charge >= 0.3 is 0 Å². The molecule has 5 heteroatoms. The van der Waals surface area contributed by atoms with E-state index in [0.29, 0.717) is 28.3 Å². The largest absolute Gasteiger partial charge is 0.496 e. The van der Waals surface area contributed by atoms with Crippen LogP contribution >= 0.6 is 0 Å². The Bertz CT molecular complexity index is 1330. The molecule has 0 saturated carbocycles. The van der Waals surface area contributed by atoms with Crippen LogP contribution in [-0.2, 0) is 5.41 Å². The molecule has 0 aliphatic rings. The molecular weight excluding hydrogens is 424 g/mol. The Labute approximate surface area is 199 Å². The van der Waals surface area contributed by atoms with E-state index in [1.807, 2.05) is 60.7 Å². The van der Waals surface area contributed by atoms with Gasteiger partial charge in [-0.3, -0.25) is 9.59 Å². The van der Waals surface area contributed by atoms with Crippen LogP contribution in [0.4, 0.5) is 11.4 Å². The van der Waals surface area contributed by atoms with Crippen molar-refractivity contribution in [2.24, 2.45) is 0 Å². The standard InChI is InChI=1S/C29H28N2O3/c1-29(2,3)22-11-9-19(10-12-22)27(32)30-23-13-15-24(16-14-23)31-28(33)25-17-20-7-5-6-8-21(20)18-26(25)34-4/h5-18H,1-4H3,(H,30,32)(H,31,33). The van der Waals surface area contributed by atoms with Crippen LogP contribution in [0.1, 0.15) is 47.1 Å². The summed E-state index contributed by atoms with van der Waals surface area (Å²) >= 11 is 0. The summed E-state index contributed by atoms with van der Waals surface area (Å²) in [6, 6.07) is 26.2. The molecule has 0 aromatic heterocycles. The zero-order valence-corrected chi connectivity index (χ0v) is 19.8. The molecule has 4 aromatic rings. The molecule has 172 valence electrons. The van der Waals surface area contributed by atoms with Gasteiger partial charge in [0.25, 0.3) is 11.8 Å². The third-order valence-corrected chi connectivity index (χ3v) is 5.73. The summed E-state index contributed by atoms with van der Waals surface area (Å²) in [7, 11) is 1.55. The summed E-state index contributed by atoms with van der Waals surface area (Å²) in [4.78, 5) is 25.5. The highest BCUT2D eigenvalue weighted by Gasteiger charge is 2.16. The van der Waals surface area contributed by atoms with Crippen molar-refractivity contribution in [2.75, 3.05) is 17.7 Å². The van der Waals surface area contributed by atoms with Crippen LogP contribution < -0.4 is 15.4 Å². The predicted molar refractivity (Wildman–Crippen MR) is 138 cm³/mol. The first-order chi connectivity index (χ1) is 16.2. The van der Waals surface area contributed by atoms with Gasteiger partial charge < -0.3 is 15.4 Å². The maximum Gasteiger partial charge on any atom is 0.259 e. The number of benzene rings is 4. The molecule has 0 aliphatic carbocycles. The molecule has 4 aromatic carbocycles. The average molecular weight is 453 g/mol. The third-order valence-electron chi connectivity index (χ3n) is 5.73. The number of rotatable bonds is 5. The van der Waals surface area contributed by atoms with Crippen LogP contribution in [0.3, 0.4) is 0 Å². The van der Waals surface area contributed by atoms with Gasteiger partial charge in [0.1, 0.15) is 5.75 Å². The Morgan fingerprint density at radius 1 is 0.706 bits per heavy atom. The minimum Gasteiger partial charge on any atom is -0.496 e. The van der Waals surface area contributed by atoms with Crippen molar-refractivity contribution in [3.63, 3.8) is 0 Å². The van der Waals surface area contributed by atoms with Gasteiger partial charge in [-0.25, -0.2) is 0 Å². The summed E-state index contributed by atoms with van der Waals surface area (Å²) in [5.74, 6) is 0.0639. The lowest BCUT2D eigenvalue weighted by atomic mass is 9.87. The number of carbonyl (C=O) groups is 2. The molecule has 0 heterocycles. The van der Waals surface area contributed by atoms with Crippen LogP contribution in [-0.4, -0.2) is 18.9 Å². The first kappa shape index (κ1) is 23.1. The lowest BCUT2D eigenvalue weighted by Gasteiger charge is -2.19. The topological polar surface area (TPSA) is 67.4 Å². The van der Waals surface area contributed by atoms with Crippen molar-refractivity contribution in [1.82, 2.24) is 0 Å². The summed E-state index contributed by atoms with van der Waals surface area (Å²) in [6.45, 7) is 6.41. The molecule has 4 rings (SSSR count). The molecule has 0 atom stereocenters. The van der Waals surface area contributed by atoms with Crippen molar-refractivity contribution in [3.8, 4) is 5.75 Å². The van der Waals surface area contributed by atoms with Gasteiger partial charge in [-0.05, 0) is 70.3 Å². The quantitative estimate of drug-likeness (QED) is 0.356. The average Bonchev–Trinajstić information content (AvgIpc) is 2.83. The zero-order valence-electron chi connectivity index (χ0n) is 19.8. The van der Waals surface area contributed by atoms with Crippen molar-refractivity contribution in [2.45, 2.75) is 26.2 Å². The summed E-state index contributed by atoms with van der Waals surface area (Å²) in [6.07, 6.45) is 0. The molecule has 5 nitrogen and oxygen atoms in total. The van der Waals surface area contributed by atoms with Gasteiger partial charge in [0.2, 0.25) is 0 Å². The molecule has 2 amide bonds. The molecule has 0 radical (unpaired) electrons. The van der Waals surface area contributed by atoms with E-state index in [1.54, 1.807) is 31.4 Å². The number of hydrogen-bond acceptors (Lipinski definition) is 3. The van der Waals surface area contributed by atoms with Crippen LogP contribution in [0, 0.1) is 0 Å². The SMILES string of the molecule is COc1cc2ccccc2cc1C(=O)Nc1ccc(NC(=O)c2ccc(C(C)(C)C)cc2)cc1. The second-order valence-corrected chi connectivity index (χ2v) is 9.21. The van der Waals surface area contributed by atoms with Crippen molar-refractivity contribution in [3.05, 3.63) is 102 Å². The molecule has 0 unspecified atom stereocenters. The number of ether oxygens (including phenoxy) is 1. The molecular formula is C29H28N2O3. The van der Waals surface area contributed by atoms with Gasteiger partial charge in [0, 0.05) is 16.9 Å². The van der Waals surface area contributed by atoms with E-state index in [-0.39, 0.29) is 17.2 Å². The van der Waals surface area contributed by atoms with E-state index < -0.39 is 0 Å². The van der Waals surface area contributed by atoms with E-state index in [4.69, 9.17) is 4.74 Å². The van der Waals surface area contributed by atoms with E-state index >= 15 is 0 Å². The minimum absolute atomic E-state index is 0.0339. The Morgan fingerprint density at radius 3 is 1.76 bits per heavy atom. The fourth-order valence-corrected chi connectivity index (χ4v) is 3.73. The highest BCUT2D eigenvalue weighted by atomic mass is 16.5. The van der Waals surface area contributed by atoms with Crippen LogP contribution in [0.25, 0.3) is 10.8 Å². The Kier molecular flexibility index (Phi) is 6.37. The number of carbonyl (C=O) groups excluding carboxylic acids is 2. The van der Waals surface area contributed by atoms with Crippen LogP contribution in [0.15, 0.2) is 84.9 Å². The Hall–Kier alpha value is -4.12. The fourth-order valence-electron chi connectivity index (χ4n) is 3.73. The monoisotopic (exact) mass is 452 g/mol. The first-order valence-corrected chi connectivity index (χ1v) is 11.1. The minimum atomic E-state index is -0.265. The second kappa shape index (κ2) is 9.40. The maximum absolute atomic E-state index is 12.9. The molecule has 0 bridgehead atoms. The van der Waals surface area contributed by atoms with Crippen LogP contribution in [0.2, 0.25) is 0 Å². The number of hydrogen-bond donors (Lipinski definition) is 2. The van der Waals surface area contributed by atoms with Gasteiger partial charge in [0.05, 0.1) is 12.7 Å². The number of methoxy groups -OCH3 is 1. The summed E-state index contributed by atoms with van der Waals surface area (Å²) < 4.78 is 5.43. The van der Waals surface area contributed by atoms with Crippen molar-refractivity contribution < 1.29 is 14.3 Å². The lowest BCUT2D eigenvalue weighted by molar-refractivity contribution is 0.101. The number of anilines is 2. The summed E-state index contributed by atoms with van der Waals surface area (Å²) in [5, 5.41) is 7.76. The van der Waals surface area contributed by atoms with Gasteiger partial charge in [0.15, 0.2) is 0 Å². The van der Waals surface area contributed by atoms with E-state index in [2.05, 4.69) is 31.4 Å². The maximum atomic E-state index is 12.9. The highest BCUT2D eigenvalue weighted by molar-refractivity contribution is 6.09. The molecule has 2 N–H and O–H groups in total. The van der Waals surface area contributed by atoms with Crippen molar-refractivity contribution in [1.29, 1.82) is 0 Å². The normalized spacial score (nSPS) is 11.2. The second-order valence-electron chi connectivity index (χ2n) is 9.21. The Balaban J connectivity index is 1.44. The first-order valence-electron chi connectivity index (χ1n) is 11.1. The molecule has 0 fully saturated rings. The van der Waals surface area contributed by atoms with E-state index in [0.717, 1.165) is 10.8 Å². The van der Waals surface area contributed by atoms with Gasteiger partial charge in [-0.1, -0.05) is 57.2 Å². The Morgan fingerprint density at radius 2 is 1.24 bits per heavy atom. The third kappa shape index (κ3) is 5.09. The number of fused-ring (bicyclic) bond motifs is 1. The van der Waals surface area contributed by atoms with Crippen molar-refractivity contribution >= 4 is 34.0 Å². The predicted octanol–water partition coefficient (Wildman–Crippen LogP) is 6.65. The smallest absolute Gasteiger partial charge is 0.259 e. The summed E-state index contributed by atoms with van der Waals surface area (Å²) in [5.41, 5.74) is 3.52. The van der Waals surface area contributed by atoms with Gasteiger partial charge in [-0.15, -0.1) is 0 Å². The van der Waals surface area contributed by atoms with E-state index in [1.165, 1.54) is 5.56 Å². The number of amides is 2. The fraction of sp³-hybridized carbons (Fsp3) is 0.172. The molecule has 0 saturated heterocycles. The molecule has 0 aliphatic heterocycles. The lowest BCUT2D eigenvalue weighted by Crippen LogP contribution is -2.15. The molecule has 34 heavy (non-hydrogen) atoms. The molecule has 0 spiro atoms.